The maximum absolute atomic E-state index is 11.3. The molecule has 0 radical (unpaired) electrons. The SMILES string of the molecule is Cc1ccccc1CCNc1n[nH]c(=O)[nH]c1=O. The molecule has 0 amide bonds. The predicted octanol–water partition coefficient (Wildman–Crippen LogP) is 0.421. The number of aryl methyl sites for hydroxylation is 1. The Bertz CT molecular complexity index is 645. The van der Waals surface area contributed by atoms with Crippen LogP contribution in [0.15, 0.2) is 33.9 Å². The van der Waals surface area contributed by atoms with E-state index in [-0.39, 0.29) is 5.82 Å². The van der Waals surface area contributed by atoms with E-state index in [9.17, 15) is 9.59 Å². The Balaban J connectivity index is 1.99. The van der Waals surface area contributed by atoms with E-state index in [1.54, 1.807) is 0 Å². The topological polar surface area (TPSA) is 90.6 Å². The van der Waals surface area contributed by atoms with Gasteiger partial charge in [-0.25, -0.2) is 9.89 Å². The van der Waals surface area contributed by atoms with E-state index < -0.39 is 11.2 Å². The minimum absolute atomic E-state index is 0.128. The minimum atomic E-state index is -0.607. The van der Waals surface area contributed by atoms with Crippen molar-refractivity contribution in [2.45, 2.75) is 13.3 Å². The molecule has 94 valence electrons. The van der Waals surface area contributed by atoms with Crippen LogP contribution in [0.1, 0.15) is 11.1 Å². The molecule has 2 aromatic rings. The highest BCUT2D eigenvalue weighted by atomic mass is 16.2. The van der Waals surface area contributed by atoms with Crippen LogP contribution in [-0.4, -0.2) is 21.7 Å². The highest BCUT2D eigenvalue weighted by Gasteiger charge is 2.02. The summed E-state index contributed by atoms with van der Waals surface area (Å²) in [7, 11) is 0. The van der Waals surface area contributed by atoms with Crippen LogP contribution in [0.3, 0.4) is 0 Å². The first-order valence-electron chi connectivity index (χ1n) is 5.64. The van der Waals surface area contributed by atoms with Gasteiger partial charge in [-0.2, -0.15) is 0 Å². The maximum Gasteiger partial charge on any atom is 0.342 e. The third kappa shape index (κ3) is 2.85. The molecular weight excluding hydrogens is 232 g/mol. The van der Waals surface area contributed by atoms with Crippen LogP contribution in [0.4, 0.5) is 5.82 Å². The number of H-pyrrole nitrogens is 2. The van der Waals surface area contributed by atoms with Gasteiger partial charge in [0.05, 0.1) is 0 Å². The van der Waals surface area contributed by atoms with Crippen LogP contribution in [0, 0.1) is 6.92 Å². The summed E-state index contributed by atoms with van der Waals surface area (Å²) >= 11 is 0. The number of aromatic amines is 2. The molecule has 0 atom stereocenters. The fourth-order valence-electron chi connectivity index (χ4n) is 1.67. The molecule has 0 aliphatic heterocycles. The molecule has 0 aliphatic carbocycles. The standard InChI is InChI=1S/C12H14N4O2/c1-8-4-2-3-5-9(8)6-7-13-10-11(17)14-12(18)16-15-10/h2-5H,6-7H2,1H3,(H,13,15)(H2,14,16,17,18). The van der Waals surface area contributed by atoms with Crippen molar-refractivity contribution in [3.63, 3.8) is 0 Å². The molecule has 1 heterocycles. The third-order valence-electron chi connectivity index (χ3n) is 2.66. The second-order valence-electron chi connectivity index (χ2n) is 3.96. The van der Waals surface area contributed by atoms with Crippen molar-refractivity contribution >= 4 is 5.82 Å². The average Bonchev–Trinajstić information content (AvgIpc) is 2.34. The van der Waals surface area contributed by atoms with Gasteiger partial charge in [0.15, 0.2) is 0 Å². The Morgan fingerprint density at radius 3 is 2.78 bits per heavy atom. The first-order chi connectivity index (χ1) is 8.66. The van der Waals surface area contributed by atoms with Crippen molar-refractivity contribution in [1.82, 2.24) is 15.2 Å². The van der Waals surface area contributed by atoms with Crippen LogP contribution in [0.2, 0.25) is 0 Å². The van der Waals surface area contributed by atoms with E-state index in [0.29, 0.717) is 6.54 Å². The Morgan fingerprint density at radius 1 is 1.28 bits per heavy atom. The molecule has 1 aromatic heterocycles. The number of nitrogens with zero attached hydrogens (tertiary/aromatic N) is 1. The molecule has 0 saturated heterocycles. The lowest BCUT2D eigenvalue weighted by Gasteiger charge is -2.06. The molecule has 0 saturated carbocycles. The van der Waals surface area contributed by atoms with Gasteiger partial charge in [-0.3, -0.25) is 9.78 Å². The van der Waals surface area contributed by atoms with Gasteiger partial charge < -0.3 is 5.32 Å². The van der Waals surface area contributed by atoms with Gasteiger partial charge in [0, 0.05) is 6.54 Å². The van der Waals surface area contributed by atoms with Crippen molar-refractivity contribution in [1.29, 1.82) is 0 Å². The fourth-order valence-corrected chi connectivity index (χ4v) is 1.67. The highest BCUT2D eigenvalue weighted by molar-refractivity contribution is 5.31. The van der Waals surface area contributed by atoms with Crippen molar-refractivity contribution in [3.8, 4) is 0 Å². The molecule has 0 unspecified atom stereocenters. The van der Waals surface area contributed by atoms with E-state index in [2.05, 4.69) is 20.5 Å². The van der Waals surface area contributed by atoms with E-state index in [4.69, 9.17) is 0 Å². The molecule has 6 heteroatoms. The van der Waals surface area contributed by atoms with E-state index in [0.717, 1.165) is 6.42 Å². The first kappa shape index (κ1) is 12.1. The molecule has 0 aliphatic rings. The number of anilines is 1. The number of hydrogen-bond acceptors (Lipinski definition) is 4. The van der Waals surface area contributed by atoms with Gasteiger partial charge in [0.2, 0.25) is 5.82 Å². The summed E-state index contributed by atoms with van der Waals surface area (Å²) in [6.45, 7) is 2.62. The number of nitrogens with one attached hydrogen (secondary N) is 3. The summed E-state index contributed by atoms with van der Waals surface area (Å²) in [5.41, 5.74) is 1.31. The van der Waals surface area contributed by atoms with E-state index in [1.165, 1.54) is 11.1 Å². The summed E-state index contributed by atoms with van der Waals surface area (Å²) in [6.07, 6.45) is 0.785. The molecule has 6 nitrogen and oxygen atoms in total. The fraction of sp³-hybridized carbons (Fsp3) is 0.250. The maximum atomic E-state index is 11.3. The molecular formula is C12H14N4O2. The van der Waals surface area contributed by atoms with Crippen LogP contribution < -0.4 is 16.6 Å². The molecule has 0 bridgehead atoms. The Labute approximate surface area is 103 Å². The Kier molecular flexibility index (Phi) is 3.57. The van der Waals surface area contributed by atoms with Gasteiger partial charge in [-0.05, 0) is 24.5 Å². The van der Waals surface area contributed by atoms with Gasteiger partial charge in [0.1, 0.15) is 0 Å². The van der Waals surface area contributed by atoms with Crippen LogP contribution >= 0.6 is 0 Å². The van der Waals surface area contributed by atoms with E-state index in [1.807, 2.05) is 31.2 Å². The van der Waals surface area contributed by atoms with Crippen LogP contribution in [0.25, 0.3) is 0 Å². The minimum Gasteiger partial charge on any atom is -0.364 e. The monoisotopic (exact) mass is 246 g/mol. The zero-order valence-corrected chi connectivity index (χ0v) is 9.99. The van der Waals surface area contributed by atoms with E-state index >= 15 is 0 Å². The van der Waals surface area contributed by atoms with Crippen molar-refractivity contribution < 1.29 is 0 Å². The quantitative estimate of drug-likeness (QED) is 0.729. The lowest BCUT2D eigenvalue weighted by molar-refractivity contribution is 0.876. The van der Waals surface area contributed by atoms with Crippen LogP contribution in [0.5, 0.6) is 0 Å². The predicted molar refractivity (Wildman–Crippen MR) is 68.9 cm³/mol. The second-order valence-corrected chi connectivity index (χ2v) is 3.96. The molecule has 0 spiro atoms. The Hall–Kier alpha value is -2.37. The zero-order valence-electron chi connectivity index (χ0n) is 9.99. The highest BCUT2D eigenvalue weighted by Crippen LogP contribution is 2.07. The molecule has 2 rings (SSSR count). The lowest BCUT2D eigenvalue weighted by atomic mass is 10.1. The smallest absolute Gasteiger partial charge is 0.342 e. The second kappa shape index (κ2) is 5.31. The summed E-state index contributed by atoms with van der Waals surface area (Å²) in [6, 6.07) is 8.05. The average molecular weight is 246 g/mol. The van der Waals surface area contributed by atoms with Gasteiger partial charge in [-0.1, -0.05) is 24.3 Å². The summed E-state index contributed by atoms with van der Waals surface area (Å²) in [5.74, 6) is 0.128. The largest absolute Gasteiger partial charge is 0.364 e. The summed E-state index contributed by atoms with van der Waals surface area (Å²) in [5, 5.41) is 8.71. The molecule has 18 heavy (non-hydrogen) atoms. The number of aromatic nitrogens is 3. The summed E-state index contributed by atoms with van der Waals surface area (Å²) in [4.78, 5) is 24.2. The number of rotatable bonds is 4. The van der Waals surface area contributed by atoms with Crippen molar-refractivity contribution in [2.24, 2.45) is 0 Å². The lowest BCUT2D eigenvalue weighted by Crippen LogP contribution is -2.27. The Morgan fingerprint density at radius 2 is 2.06 bits per heavy atom. The molecule has 0 fully saturated rings. The zero-order chi connectivity index (χ0) is 13.0. The number of benzene rings is 1. The molecule has 1 aromatic carbocycles. The van der Waals surface area contributed by atoms with Gasteiger partial charge in [-0.15, -0.1) is 5.10 Å². The summed E-state index contributed by atoms with van der Waals surface area (Å²) < 4.78 is 0. The van der Waals surface area contributed by atoms with Crippen LogP contribution in [-0.2, 0) is 6.42 Å². The number of hydrogen-bond donors (Lipinski definition) is 3. The van der Waals surface area contributed by atoms with Gasteiger partial charge in [0.25, 0.3) is 5.56 Å². The molecule has 3 N–H and O–H groups in total. The van der Waals surface area contributed by atoms with Crippen molar-refractivity contribution in [2.75, 3.05) is 11.9 Å². The van der Waals surface area contributed by atoms with Gasteiger partial charge >= 0.3 is 5.69 Å². The normalized spacial score (nSPS) is 10.3. The third-order valence-corrected chi connectivity index (χ3v) is 2.66. The first-order valence-corrected chi connectivity index (χ1v) is 5.64. The van der Waals surface area contributed by atoms with Crippen molar-refractivity contribution in [3.05, 3.63) is 56.2 Å².